The lowest BCUT2D eigenvalue weighted by Crippen LogP contribution is -2.41. The Balaban J connectivity index is 0. The summed E-state index contributed by atoms with van der Waals surface area (Å²) in [5, 5.41) is 11.4. The van der Waals surface area contributed by atoms with Crippen LogP contribution >= 0.6 is 12.4 Å². The zero-order chi connectivity index (χ0) is 8.15. The van der Waals surface area contributed by atoms with Gasteiger partial charge in [0.1, 0.15) is 0 Å². The van der Waals surface area contributed by atoms with Crippen LogP contribution in [0.3, 0.4) is 0 Å². The van der Waals surface area contributed by atoms with Crippen LogP contribution in [-0.4, -0.2) is 41.9 Å². The van der Waals surface area contributed by atoms with Crippen molar-refractivity contribution in [3.63, 3.8) is 0 Å². The number of amides is 1. The summed E-state index contributed by atoms with van der Waals surface area (Å²) in [6.07, 6.45) is -0.0587. The van der Waals surface area contributed by atoms with Gasteiger partial charge in [-0.25, -0.2) is 14.8 Å². The van der Waals surface area contributed by atoms with Crippen LogP contribution in [0, 0.1) is 0 Å². The van der Waals surface area contributed by atoms with E-state index in [1.54, 1.807) is 19.1 Å². The molecular weight excluding hydrogens is 168 g/mol. The van der Waals surface area contributed by atoms with E-state index in [4.69, 9.17) is 5.11 Å². The summed E-state index contributed by atoms with van der Waals surface area (Å²) in [7, 11) is 3.42. The van der Waals surface area contributed by atoms with E-state index < -0.39 is 6.09 Å². The maximum atomic E-state index is 10.4. The van der Waals surface area contributed by atoms with Crippen LogP contribution in [0.15, 0.2) is 0 Å². The van der Waals surface area contributed by atoms with E-state index in [1.807, 2.05) is 6.92 Å². The van der Waals surface area contributed by atoms with Gasteiger partial charge in [0.05, 0.1) is 0 Å². The van der Waals surface area contributed by atoms with E-state index in [2.05, 4.69) is 0 Å². The van der Waals surface area contributed by atoms with Crippen LogP contribution in [0.25, 0.3) is 0 Å². The molecule has 0 aromatic rings. The van der Waals surface area contributed by atoms with Crippen LogP contribution in [-0.2, 0) is 0 Å². The average molecular weight is 183 g/mol. The molecule has 0 atom stereocenters. The number of halogens is 1. The standard InChI is InChI=1S/C6H14N2O2.ClH/c1-4-5-8(6(9)10)7(2)3;/h4-5H2,1-3H3,(H,9,10);1H. The van der Waals surface area contributed by atoms with Crippen molar-refractivity contribution in [1.29, 1.82) is 0 Å². The first-order valence-electron chi connectivity index (χ1n) is 3.27. The van der Waals surface area contributed by atoms with Gasteiger partial charge in [0.25, 0.3) is 0 Å². The van der Waals surface area contributed by atoms with Gasteiger partial charge >= 0.3 is 6.09 Å². The summed E-state index contributed by atoms with van der Waals surface area (Å²) >= 11 is 0. The van der Waals surface area contributed by atoms with E-state index in [0.717, 1.165) is 6.42 Å². The number of hydrogen-bond donors (Lipinski definition) is 1. The van der Waals surface area contributed by atoms with Crippen molar-refractivity contribution >= 4 is 18.5 Å². The number of hydrogen-bond acceptors (Lipinski definition) is 2. The second-order valence-corrected chi connectivity index (χ2v) is 2.25. The van der Waals surface area contributed by atoms with Gasteiger partial charge in [0.15, 0.2) is 0 Å². The maximum Gasteiger partial charge on any atom is 0.421 e. The van der Waals surface area contributed by atoms with Gasteiger partial charge in [0, 0.05) is 20.6 Å². The predicted octanol–water partition coefficient (Wildman–Crippen LogP) is 1.27. The van der Waals surface area contributed by atoms with Gasteiger partial charge in [-0.15, -0.1) is 12.4 Å². The third kappa shape index (κ3) is 4.86. The van der Waals surface area contributed by atoms with Gasteiger partial charge in [-0.1, -0.05) is 6.92 Å². The van der Waals surface area contributed by atoms with Gasteiger partial charge in [-0.3, -0.25) is 0 Å². The van der Waals surface area contributed by atoms with Crippen LogP contribution in [0.1, 0.15) is 13.3 Å². The van der Waals surface area contributed by atoms with Crippen molar-refractivity contribution in [2.45, 2.75) is 13.3 Å². The van der Waals surface area contributed by atoms with E-state index in [0.29, 0.717) is 6.54 Å². The molecule has 1 N–H and O–H groups in total. The van der Waals surface area contributed by atoms with Crippen LogP contribution < -0.4 is 0 Å². The molecule has 0 aromatic carbocycles. The molecule has 0 saturated heterocycles. The number of hydrazine groups is 1. The molecule has 0 aliphatic heterocycles. The maximum absolute atomic E-state index is 10.4. The molecule has 0 rings (SSSR count). The van der Waals surface area contributed by atoms with E-state index in [-0.39, 0.29) is 12.4 Å². The molecule has 0 bridgehead atoms. The zero-order valence-electron chi connectivity index (χ0n) is 7.07. The first-order chi connectivity index (χ1) is 4.59. The molecule has 0 saturated carbocycles. The quantitative estimate of drug-likeness (QED) is 0.669. The fourth-order valence-electron chi connectivity index (χ4n) is 0.679. The largest absolute Gasteiger partial charge is 0.464 e. The monoisotopic (exact) mass is 182 g/mol. The fraction of sp³-hybridized carbons (Fsp3) is 0.833. The molecule has 0 fully saturated rings. The van der Waals surface area contributed by atoms with Gasteiger partial charge in [-0.2, -0.15) is 0 Å². The molecule has 0 aromatic heterocycles. The molecule has 0 radical (unpaired) electrons. The molecule has 0 aliphatic rings. The van der Waals surface area contributed by atoms with E-state index in [1.165, 1.54) is 5.01 Å². The van der Waals surface area contributed by atoms with Gasteiger partial charge < -0.3 is 5.11 Å². The summed E-state index contributed by atoms with van der Waals surface area (Å²) in [6.45, 7) is 2.50. The van der Waals surface area contributed by atoms with Crippen molar-refractivity contribution in [3.8, 4) is 0 Å². The topological polar surface area (TPSA) is 43.8 Å². The molecule has 1 amide bonds. The molecule has 11 heavy (non-hydrogen) atoms. The predicted molar refractivity (Wildman–Crippen MR) is 46.0 cm³/mol. The molecule has 5 heteroatoms. The third-order valence-corrected chi connectivity index (χ3v) is 1.14. The lowest BCUT2D eigenvalue weighted by Gasteiger charge is -2.24. The highest BCUT2D eigenvalue weighted by molar-refractivity contribution is 5.85. The summed E-state index contributed by atoms with van der Waals surface area (Å²) in [5.74, 6) is 0. The van der Waals surface area contributed by atoms with Crippen molar-refractivity contribution in [3.05, 3.63) is 0 Å². The Kier molecular flexibility index (Phi) is 7.46. The summed E-state index contributed by atoms with van der Waals surface area (Å²) in [5.41, 5.74) is 0. The number of carbonyl (C=O) groups is 1. The van der Waals surface area contributed by atoms with Crippen molar-refractivity contribution in [2.24, 2.45) is 0 Å². The van der Waals surface area contributed by atoms with E-state index in [9.17, 15) is 4.79 Å². The average Bonchev–Trinajstić information content (AvgIpc) is 1.81. The Morgan fingerprint density at radius 1 is 1.45 bits per heavy atom. The Labute approximate surface area is 73.2 Å². The van der Waals surface area contributed by atoms with Crippen LogP contribution in [0.4, 0.5) is 4.79 Å². The highest BCUT2D eigenvalue weighted by atomic mass is 35.5. The van der Waals surface area contributed by atoms with Crippen molar-refractivity contribution in [1.82, 2.24) is 10.0 Å². The summed E-state index contributed by atoms with van der Waals surface area (Å²) in [6, 6.07) is 0. The number of carboxylic acid groups (broad SMARTS) is 1. The Bertz CT molecular complexity index is 119. The summed E-state index contributed by atoms with van der Waals surface area (Å²) < 4.78 is 0. The highest BCUT2D eigenvalue weighted by Gasteiger charge is 2.11. The molecule has 0 unspecified atom stereocenters. The van der Waals surface area contributed by atoms with Gasteiger partial charge in [0.2, 0.25) is 0 Å². The first-order valence-corrected chi connectivity index (χ1v) is 3.27. The third-order valence-electron chi connectivity index (χ3n) is 1.14. The lowest BCUT2D eigenvalue weighted by atomic mass is 10.5. The minimum absolute atomic E-state index is 0. The smallest absolute Gasteiger partial charge is 0.421 e. The molecule has 0 heterocycles. The Hall–Kier alpha value is -0.480. The molecular formula is C6H15ClN2O2. The normalized spacial score (nSPS) is 9.09. The highest BCUT2D eigenvalue weighted by Crippen LogP contribution is 1.93. The summed E-state index contributed by atoms with van der Waals surface area (Å²) in [4.78, 5) is 10.4. The van der Waals surface area contributed by atoms with Crippen LogP contribution in [0.5, 0.6) is 0 Å². The zero-order valence-corrected chi connectivity index (χ0v) is 7.89. The molecule has 0 spiro atoms. The minimum Gasteiger partial charge on any atom is -0.464 e. The molecule has 0 aliphatic carbocycles. The fourth-order valence-corrected chi connectivity index (χ4v) is 0.679. The first kappa shape index (κ1) is 13.1. The van der Waals surface area contributed by atoms with Crippen molar-refractivity contribution < 1.29 is 9.90 Å². The Morgan fingerprint density at radius 3 is 2.00 bits per heavy atom. The Morgan fingerprint density at radius 2 is 1.91 bits per heavy atom. The van der Waals surface area contributed by atoms with E-state index >= 15 is 0 Å². The van der Waals surface area contributed by atoms with Crippen LogP contribution in [0.2, 0.25) is 0 Å². The lowest BCUT2D eigenvalue weighted by molar-refractivity contribution is 0.0318. The second-order valence-electron chi connectivity index (χ2n) is 2.25. The van der Waals surface area contributed by atoms with Crippen molar-refractivity contribution in [2.75, 3.05) is 20.6 Å². The second kappa shape index (κ2) is 6.24. The SMILES string of the molecule is CCCN(C(=O)O)N(C)C.Cl. The van der Waals surface area contributed by atoms with Gasteiger partial charge in [-0.05, 0) is 6.42 Å². The minimum atomic E-state index is -0.896. The number of rotatable bonds is 3. The molecule has 68 valence electrons. The molecule has 4 nitrogen and oxygen atoms in total. The number of nitrogens with zero attached hydrogens (tertiary/aromatic N) is 2.